The van der Waals surface area contributed by atoms with E-state index in [9.17, 15) is 27.5 Å². The summed E-state index contributed by atoms with van der Waals surface area (Å²) in [7, 11) is 0. The number of aliphatic carboxylic acids is 1. The third kappa shape index (κ3) is 2.98. The summed E-state index contributed by atoms with van der Waals surface area (Å²) in [6.07, 6.45) is -1.69. The smallest absolute Gasteiger partial charge is 0.433 e. The van der Waals surface area contributed by atoms with Gasteiger partial charge in [0.15, 0.2) is 0 Å². The third-order valence-corrected chi connectivity index (χ3v) is 4.76. The van der Waals surface area contributed by atoms with Crippen LogP contribution in [0, 0.1) is 12.7 Å². The molecular formula is C19H15F4NO2. The van der Waals surface area contributed by atoms with E-state index in [1.165, 1.54) is 31.2 Å². The number of nitrogens with zero attached hydrogens (tertiary/aromatic N) is 1. The summed E-state index contributed by atoms with van der Waals surface area (Å²) in [5, 5.41) is 9.82. The Bertz CT molecular complexity index is 905. The molecule has 3 nitrogen and oxygen atoms in total. The van der Waals surface area contributed by atoms with Crippen molar-refractivity contribution in [3.63, 3.8) is 0 Å². The van der Waals surface area contributed by atoms with Gasteiger partial charge in [-0.3, -0.25) is 9.78 Å². The first kappa shape index (κ1) is 18.1. The molecule has 0 aliphatic heterocycles. The highest BCUT2D eigenvalue weighted by Gasteiger charge is 2.44. The van der Waals surface area contributed by atoms with E-state index in [1.807, 2.05) is 0 Å². The van der Waals surface area contributed by atoms with Gasteiger partial charge >= 0.3 is 12.1 Å². The Morgan fingerprint density at radius 2 is 2.00 bits per heavy atom. The maximum Gasteiger partial charge on any atom is 0.433 e. The lowest BCUT2D eigenvalue weighted by Gasteiger charge is -2.24. The Balaban J connectivity index is 2.11. The lowest BCUT2D eigenvalue weighted by molar-refractivity contribution is -0.142. The van der Waals surface area contributed by atoms with Crippen LogP contribution in [0.3, 0.4) is 0 Å². The van der Waals surface area contributed by atoms with Gasteiger partial charge in [-0.2, -0.15) is 13.2 Å². The van der Waals surface area contributed by atoms with Crippen LogP contribution in [0.4, 0.5) is 17.6 Å². The van der Waals surface area contributed by atoms with Gasteiger partial charge in [-0.1, -0.05) is 18.2 Å². The quantitative estimate of drug-likeness (QED) is 0.799. The van der Waals surface area contributed by atoms with Crippen LogP contribution >= 0.6 is 0 Å². The number of pyridine rings is 1. The van der Waals surface area contributed by atoms with Crippen LogP contribution in [0.25, 0.3) is 5.57 Å². The first-order chi connectivity index (χ1) is 12.1. The van der Waals surface area contributed by atoms with Crippen molar-refractivity contribution in [2.24, 2.45) is 0 Å². The minimum atomic E-state index is -4.59. The molecule has 0 bridgehead atoms. The van der Waals surface area contributed by atoms with Crippen molar-refractivity contribution in [3.8, 4) is 0 Å². The number of aromatic nitrogens is 1. The number of hydrogen-bond donors (Lipinski definition) is 1. The number of carbonyl (C=O) groups is 1. The molecule has 1 heterocycles. The number of benzene rings is 1. The second-order valence-electron chi connectivity index (χ2n) is 6.29. The molecule has 0 fully saturated rings. The van der Waals surface area contributed by atoms with Gasteiger partial charge in [0.1, 0.15) is 16.9 Å². The molecule has 0 saturated heterocycles. The highest BCUT2D eigenvalue weighted by molar-refractivity contribution is 5.90. The maximum absolute atomic E-state index is 13.9. The Morgan fingerprint density at radius 3 is 2.65 bits per heavy atom. The van der Waals surface area contributed by atoms with Crippen LogP contribution in [0.15, 0.2) is 42.6 Å². The van der Waals surface area contributed by atoms with Crippen LogP contribution in [-0.4, -0.2) is 16.1 Å². The Morgan fingerprint density at radius 1 is 1.27 bits per heavy atom. The predicted molar refractivity (Wildman–Crippen MR) is 86.9 cm³/mol. The first-order valence-corrected chi connectivity index (χ1v) is 7.89. The topological polar surface area (TPSA) is 50.2 Å². The highest BCUT2D eigenvalue weighted by Crippen LogP contribution is 2.45. The molecule has 1 atom stereocenters. The Hall–Kier alpha value is -2.70. The number of allylic oxidation sites excluding steroid dienone is 1. The molecule has 1 aliphatic rings. The van der Waals surface area contributed by atoms with Gasteiger partial charge in [0.2, 0.25) is 0 Å². The minimum absolute atomic E-state index is 0.144. The van der Waals surface area contributed by atoms with Gasteiger partial charge in [-0.15, -0.1) is 0 Å². The van der Waals surface area contributed by atoms with E-state index >= 15 is 0 Å². The maximum atomic E-state index is 13.9. The zero-order valence-corrected chi connectivity index (χ0v) is 13.8. The molecule has 7 heteroatoms. The van der Waals surface area contributed by atoms with Crippen molar-refractivity contribution in [1.29, 1.82) is 0 Å². The first-order valence-electron chi connectivity index (χ1n) is 7.89. The van der Waals surface area contributed by atoms with Crippen LogP contribution < -0.4 is 0 Å². The van der Waals surface area contributed by atoms with Gasteiger partial charge in [0.25, 0.3) is 0 Å². The number of halogens is 4. The summed E-state index contributed by atoms with van der Waals surface area (Å²) >= 11 is 0. The molecule has 26 heavy (non-hydrogen) atoms. The van der Waals surface area contributed by atoms with E-state index in [-0.39, 0.29) is 24.0 Å². The molecule has 1 aromatic carbocycles. The van der Waals surface area contributed by atoms with Gasteiger partial charge in [0.05, 0.1) is 0 Å². The number of carboxylic acids is 1. The Kier molecular flexibility index (Phi) is 4.34. The second kappa shape index (κ2) is 6.23. The molecule has 0 unspecified atom stereocenters. The van der Waals surface area contributed by atoms with E-state index in [0.717, 1.165) is 12.3 Å². The summed E-state index contributed by atoms with van der Waals surface area (Å²) in [6, 6.07) is 6.54. The second-order valence-corrected chi connectivity index (χ2v) is 6.29. The lowest BCUT2D eigenvalue weighted by Crippen LogP contribution is -2.32. The van der Waals surface area contributed by atoms with Crippen molar-refractivity contribution in [2.75, 3.05) is 0 Å². The summed E-state index contributed by atoms with van der Waals surface area (Å²) in [5.41, 5.74) is -1.23. The van der Waals surface area contributed by atoms with Crippen molar-refractivity contribution in [2.45, 2.75) is 31.4 Å². The van der Waals surface area contributed by atoms with E-state index in [0.29, 0.717) is 11.1 Å². The monoisotopic (exact) mass is 365 g/mol. The molecule has 0 amide bonds. The highest BCUT2D eigenvalue weighted by atomic mass is 19.4. The van der Waals surface area contributed by atoms with E-state index in [4.69, 9.17) is 0 Å². The van der Waals surface area contributed by atoms with Crippen molar-refractivity contribution in [3.05, 3.63) is 70.8 Å². The Labute approximate surface area is 147 Å². The van der Waals surface area contributed by atoms with Gasteiger partial charge in [0, 0.05) is 6.20 Å². The minimum Gasteiger partial charge on any atom is -0.480 e. The van der Waals surface area contributed by atoms with Gasteiger partial charge < -0.3 is 5.11 Å². The largest absolute Gasteiger partial charge is 0.480 e. The number of alkyl halides is 3. The molecule has 1 N–H and O–H groups in total. The average molecular weight is 365 g/mol. The molecule has 0 radical (unpaired) electrons. The molecule has 0 spiro atoms. The molecule has 1 aromatic heterocycles. The SMILES string of the molecule is Cc1c(F)cccc1[C@@]1(C(=O)O)C=C(c2ccnc(C(F)(F)F)c2)CC1. The van der Waals surface area contributed by atoms with Crippen LogP contribution in [-0.2, 0) is 16.4 Å². The average Bonchev–Trinajstić information content (AvgIpc) is 3.03. The molecule has 2 aromatic rings. The molecule has 1 aliphatic carbocycles. The summed E-state index contributed by atoms with van der Waals surface area (Å²) < 4.78 is 52.6. The van der Waals surface area contributed by atoms with Crippen molar-refractivity contribution >= 4 is 11.5 Å². The summed E-state index contributed by atoms with van der Waals surface area (Å²) in [5.74, 6) is -1.68. The van der Waals surface area contributed by atoms with Crippen molar-refractivity contribution < 1.29 is 27.5 Å². The van der Waals surface area contributed by atoms with Gasteiger partial charge in [-0.05, 0) is 60.2 Å². The summed E-state index contributed by atoms with van der Waals surface area (Å²) in [4.78, 5) is 15.4. The number of rotatable bonds is 3. The fraction of sp³-hybridized carbons (Fsp3) is 0.263. The van der Waals surface area contributed by atoms with E-state index < -0.39 is 29.1 Å². The molecule has 3 rings (SSSR count). The number of hydrogen-bond acceptors (Lipinski definition) is 2. The van der Waals surface area contributed by atoms with Gasteiger partial charge in [-0.25, -0.2) is 4.39 Å². The van der Waals surface area contributed by atoms with Crippen LogP contribution in [0.5, 0.6) is 0 Å². The molecule has 136 valence electrons. The van der Waals surface area contributed by atoms with Crippen LogP contribution in [0.2, 0.25) is 0 Å². The lowest BCUT2D eigenvalue weighted by atomic mass is 9.78. The fourth-order valence-corrected chi connectivity index (χ4v) is 3.37. The number of carboxylic acid groups (broad SMARTS) is 1. The van der Waals surface area contributed by atoms with Crippen LogP contribution in [0.1, 0.15) is 35.2 Å². The van der Waals surface area contributed by atoms with E-state index in [2.05, 4.69) is 4.98 Å². The summed E-state index contributed by atoms with van der Waals surface area (Å²) in [6.45, 7) is 1.50. The standard InChI is InChI=1S/C19H15F4NO2/c1-11-14(3-2-4-15(11)20)18(17(25)26)7-5-13(10-18)12-6-8-24-16(9-12)19(21,22)23/h2-4,6,8-10H,5,7H2,1H3,(H,25,26)/t18-/m0/s1. The third-order valence-electron chi connectivity index (χ3n) is 4.76. The zero-order chi connectivity index (χ0) is 19.1. The molecular weight excluding hydrogens is 350 g/mol. The fourth-order valence-electron chi connectivity index (χ4n) is 3.37. The molecule has 0 saturated carbocycles. The van der Waals surface area contributed by atoms with Crippen molar-refractivity contribution in [1.82, 2.24) is 4.98 Å². The normalized spacial score (nSPS) is 20.1. The zero-order valence-electron chi connectivity index (χ0n) is 13.8. The predicted octanol–water partition coefficient (Wildman–Crippen LogP) is 4.75. The van der Waals surface area contributed by atoms with E-state index in [1.54, 1.807) is 6.07 Å².